The van der Waals surface area contributed by atoms with E-state index in [2.05, 4.69) is 95.9 Å². The number of rotatable bonds is 2. The minimum Gasteiger partial charge on any atom is -0.456 e. The average Bonchev–Trinajstić information content (AvgIpc) is 3.30. The summed E-state index contributed by atoms with van der Waals surface area (Å²) in [7, 11) is 0. The van der Waals surface area contributed by atoms with Gasteiger partial charge in [0.2, 0.25) is 5.95 Å². The van der Waals surface area contributed by atoms with Crippen molar-refractivity contribution in [3.63, 3.8) is 0 Å². The van der Waals surface area contributed by atoms with E-state index in [-0.39, 0.29) is 12.0 Å². The molecule has 0 saturated heterocycles. The molecule has 2 aromatic heterocycles. The Balaban J connectivity index is 1.31. The lowest BCUT2D eigenvalue weighted by atomic mass is 9.85. The van der Waals surface area contributed by atoms with Gasteiger partial charge in [0.1, 0.15) is 11.2 Å². The maximum Gasteiger partial charge on any atom is 0.231 e. The van der Waals surface area contributed by atoms with Gasteiger partial charge in [-0.15, -0.1) is 0 Å². The van der Waals surface area contributed by atoms with Crippen LogP contribution in [-0.4, -0.2) is 16.0 Å². The highest BCUT2D eigenvalue weighted by Crippen LogP contribution is 2.47. The van der Waals surface area contributed by atoms with Gasteiger partial charge in [-0.05, 0) is 47.5 Å². The summed E-state index contributed by atoms with van der Waals surface area (Å²) in [6.07, 6.45) is 10.7. The van der Waals surface area contributed by atoms with Crippen LogP contribution in [0.2, 0.25) is 0 Å². The number of allylic oxidation sites excluding steroid dienone is 2. The standard InChI is InChI=1S/C34H23N3O/c1-2-10-24-23(9-1)25-11-3-6-14-30(25)37(31-15-7-4-12-26(24)31)34-35-20-19-29(36-34)22-17-18-33-28(21-22)27-13-5-8-16-32(27)38-33/h1-21,25,30H. The van der Waals surface area contributed by atoms with Crippen LogP contribution >= 0.6 is 0 Å². The van der Waals surface area contributed by atoms with Crippen LogP contribution in [0.15, 0.2) is 132 Å². The number of aromatic nitrogens is 2. The number of hydrogen-bond acceptors (Lipinski definition) is 4. The van der Waals surface area contributed by atoms with Crippen molar-refractivity contribution in [2.45, 2.75) is 12.0 Å². The molecule has 0 spiro atoms. The molecule has 4 nitrogen and oxygen atoms in total. The van der Waals surface area contributed by atoms with Crippen molar-refractivity contribution < 1.29 is 4.42 Å². The zero-order valence-corrected chi connectivity index (χ0v) is 20.5. The maximum atomic E-state index is 6.05. The Labute approximate surface area is 220 Å². The zero-order chi connectivity index (χ0) is 25.1. The van der Waals surface area contributed by atoms with Gasteiger partial charge in [0, 0.05) is 34.0 Å². The van der Waals surface area contributed by atoms with Crippen molar-refractivity contribution in [3.05, 3.63) is 133 Å². The summed E-state index contributed by atoms with van der Waals surface area (Å²) in [6.45, 7) is 0. The van der Waals surface area contributed by atoms with E-state index in [0.717, 1.165) is 38.9 Å². The lowest BCUT2D eigenvalue weighted by Gasteiger charge is -2.34. The van der Waals surface area contributed by atoms with Gasteiger partial charge in [-0.25, -0.2) is 9.97 Å². The third-order valence-corrected chi connectivity index (χ3v) is 7.71. The highest BCUT2D eigenvalue weighted by atomic mass is 16.3. The smallest absolute Gasteiger partial charge is 0.231 e. The first-order valence-electron chi connectivity index (χ1n) is 12.9. The van der Waals surface area contributed by atoms with Crippen molar-refractivity contribution in [2.24, 2.45) is 0 Å². The number of nitrogens with zero attached hydrogens (tertiary/aromatic N) is 3. The molecule has 3 heterocycles. The molecule has 2 aliphatic rings. The van der Waals surface area contributed by atoms with Crippen molar-refractivity contribution in [1.82, 2.24) is 9.97 Å². The Bertz CT molecular complexity index is 1910. The van der Waals surface area contributed by atoms with Crippen LogP contribution in [0.4, 0.5) is 11.6 Å². The van der Waals surface area contributed by atoms with Gasteiger partial charge < -0.3 is 9.32 Å². The average molecular weight is 490 g/mol. The van der Waals surface area contributed by atoms with E-state index in [1.807, 2.05) is 36.5 Å². The predicted molar refractivity (Wildman–Crippen MR) is 154 cm³/mol. The molecule has 1 aliphatic carbocycles. The molecule has 0 N–H and O–H groups in total. The van der Waals surface area contributed by atoms with Gasteiger partial charge in [-0.1, -0.05) is 85.0 Å². The van der Waals surface area contributed by atoms with Gasteiger partial charge in [0.25, 0.3) is 0 Å². The van der Waals surface area contributed by atoms with E-state index < -0.39 is 0 Å². The third-order valence-electron chi connectivity index (χ3n) is 7.71. The normalized spacial score (nSPS) is 17.7. The number of para-hydroxylation sites is 2. The fourth-order valence-electron chi connectivity index (χ4n) is 5.99. The predicted octanol–water partition coefficient (Wildman–Crippen LogP) is 8.44. The van der Waals surface area contributed by atoms with E-state index in [1.54, 1.807) is 0 Å². The maximum absolute atomic E-state index is 6.05. The third kappa shape index (κ3) is 3.17. The molecule has 0 amide bonds. The first kappa shape index (κ1) is 21.2. The summed E-state index contributed by atoms with van der Waals surface area (Å²) in [5.74, 6) is 0.874. The van der Waals surface area contributed by atoms with Gasteiger partial charge in [0.05, 0.1) is 17.4 Å². The largest absolute Gasteiger partial charge is 0.456 e. The van der Waals surface area contributed by atoms with Crippen LogP contribution in [0.25, 0.3) is 44.3 Å². The lowest BCUT2D eigenvalue weighted by Crippen LogP contribution is -2.35. The Morgan fingerprint density at radius 3 is 2.45 bits per heavy atom. The molecule has 2 atom stereocenters. The Hall–Kier alpha value is -4.96. The van der Waals surface area contributed by atoms with E-state index in [4.69, 9.17) is 14.4 Å². The summed E-state index contributed by atoms with van der Waals surface area (Å²) in [4.78, 5) is 12.3. The summed E-state index contributed by atoms with van der Waals surface area (Å²) >= 11 is 0. The number of hydrogen-bond donors (Lipinski definition) is 0. The van der Waals surface area contributed by atoms with Gasteiger partial charge in [-0.3, -0.25) is 0 Å². The highest BCUT2D eigenvalue weighted by Gasteiger charge is 2.35. The SMILES string of the molecule is C1=CC2c3ccccc3-c3ccccc3N(c3nccc(-c4ccc5oc6ccccc6c5c4)n3)C2C=C1. The van der Waals surface area contributed by atoms with Crippen molar-refractivity contribution in [1.29, 1.82) is 0 Å². The fourth-order valence-corrected chi connectivity index (χ4v) is 5.99. The van der Waals surface area contributed by atoms with Gasteiger partial charge in [0.15, 0.2) is 0 Å². The van der Waals surface area contributed by atoms with Crippen LogP contribution in [0, 0.1) is 0 Å². The molecule has 0 bridgehead atoms. The second-order valence-electron chi connectivity index (χ2n) is 9.81. The Kier molecular flexibility index (Phi) is 4.61. The van der Waals surface area contributed by atoms with E-state index >= 15 is 0 Å². The molecule has 0 saturated carbocycles. The topological polar surface area (TPSA) is 42.2 Å². The molecule has 2 unspecified atom stereocenters. The van der Waals surface area contributed by atoms with Crippen LogP contribution in [-0.2, 0) is 0 Å². The summed E-state index contributed by atoms with van der Waals surface area (Å²) in [5.41, 5.74) is 8.58. The quantitative estimate of drug-likeness (QED) is 0.245. The lowest BCUT2D eigenvalue weighted by molar-refractivity contribution is 0.669. The van der Waals surface area contributed by atoms with Crippen LogP contribution in [0.1, 0.15) is 11.5 Å². The van der Waals surface area contributed by atoms with Gasteiger partial charge in [-0.2, -0.15) is 0 Å². The molecule has 0 fully saturated rings. The molecule has 8 rings (SSSR count). The zero-order valence-electron chi connectivity index (χ0n) is 20.5. The monoisotopic (exact) mass is 489 g/mol. The van der Waals surface area contributed by atoms with Crippen LogP contribution in [0.5, 0.6) is 0 Å². The molecule has 180 valence electrons. The van der Waals surface area contributed by atoms with E-state index in [0.29, 0.717) is 5.95 Å². The first-order valence-corrected chi connectivity index (χ1v) is 12.9. The molecule has 4 aromatic carbocycles. The summed E-state index contributed by atoms with van der Waals surface area (Å²) < 4.78 is 6.05. The summed E-state index contributed by atoms with van der Waals surface area (Å²) in [5, 5.41) is 2.20. The highest BCUT2D eigenvalue weighted by molar-refractivity contribution is 6.06. The minimum atomic E-state index is 0.0559. The molecule has 1 aliphatic heterocycles. The molecule has 6 aromatic rings. The molecule has 4 heteroatoms. The number of anilines is 2. The number of fused-ring (bicyclic) bond motifs is 8. The first-order chi connectivity index (χ1) is 18.8. The molecular formula is C34H23N3O. The van der Waals surface area contributed by atoms with Crippen LogP contribution < -0.4 is 4.90 Å². The van der Waals surface area contributed by atoms with Crippen molar-refractivity contribution in [2.75, 3.05) is 4.90 Å². The Morgan fingerprint density at radius 1 is 0.684 bits per heavy atom. The second kappa shape index (κ2) is 8.29. The molecular weight excluding hydrogens is 466 g/mol. The molecule has 0 radical (unpaired) electrons. The Morgan fingerprint density at radius 2 is 1.47 bits per heavy atom. The van der Waals surface area contributed by atoms with Crippen molar-refractivity contribution >= 4 is 33.6 Å². The van der Waals surface area contributed by atoms with Crippen molar-refractivity contribution in [3.8, 4) is 22.4 Å². The second-order valence-corrected chi connectivity index (χ2v) is 9.81. The van der Waals surface area contributed by atoms with E-state index in [9.17, 15) is 0 Å². The number of benzene rings is 4. The number of furan rings is 1. The molecule has 38 heavy (non-hydrogen) atoms. The summed E-state index contributed by atoms with van der Waals surface area (Å²) in [6, 6.07) is 33.8. The van der Waals surface area contributed by atoms with E-state index in [1.165, 1.54) is 16.7 Å². The minimum absolute atomic E-state index is 0.0559. The fraction of sp³-hybridized carbons (Fsp3) is 0.0588. The van der Waals surface area contributed by atoms with Crippen LogP contribution in [0.3, 0.4) is 0 Å². The van der Waals surface area contributed by atoms with Gasteiger partial charge >= 0.3 is 0 Å².